The number of carboxylic acid groups (broad SMARTS) is 1. The molecule has 1 aliphatic carbocycles. The number of carboxylic acids is 1. The highest BCUT2D eigenvalue weighted by atomic mass is 35.5. The number of alkyl carbamates (subject to hydrolysis) is 1. The summed E-state index contributed by atoms with van der Waals surface area (Å²) in [7, 11) is 0. The van der Waals surface area contributed by atoms with Crippen LogP contribution in [0.3, 0.4) is 0 Å². The third kappa shape index (κ3) is 5.95. The van der Waals surface area contributed by atoms with Gasteiger partial charge in [-0.2, -0.15) is 0 Å². The molecule has 1 aliphatic rings. The SMILES string of the molecule is CC(C)N(CC[C@H](NC(=O)OCC1c2ccccc2-c2ccccc21)C(=O)O)c1ccccc1.Cl. The molecule has 1 amide bonds. The van der Waals surface area contributed by atoms with Crippen LogP contribution in [0.4, 0.5) is 10.5 Å². The molecule has 0 bridgehead atoms. The molecule has 0 saturated carbocycles. The van der Waals surface area contributed by atoms with Gasteiger partial charge in [-0.15, -0.1) is 12.4 Å². The van der Waals surface area contributed by atoms with Crippen molar-refractivity contribution in [2.24, 2.45) is 0 Å². The Morgan fingerprint density at radius 2 is 1.46 bits per heavy atom. The van der Waals surface area contributed by atoms with Gasteiger partial charge in [0.15, 0.2) is 0 Å². The number of carbonyl (C=O) groups is 2. The van der Waals surface area contributed by atoms with Crippen LogP contribution in [0.5, 0.6) is 0 Å². The first-order valence-electron chi connectivity index (χ1n) is 11.6. The predicted octanol–water partition coefficient (Wildman–Crippen LogP) is 5.71. The molecule has 35 heavy (non-hydrogen) atoms. The third-order valence-electron chi connectivity index (χ3n) is 6.30. The van der Waals surface area contributed by atoms with E-state index < -0.39 is 18.1 Å². The second-order valence-corrected chi connectivity index (χ2v) is 8.77. The Bertz CT molecular complexity index is 1110. The van der Waals surface area contributed by atoms with Crippen molar-refractivity contribution in [1.29, 1.82) is 0 Å². The lowest BCUT2D eigenvalue weighted by atomic mass is 9.98. The van der Waals surface area contributed by atoms with E-state index in [1.807, 2.05) is 66.7 Å². The zero-order valence-corrected chi connectivity index (χ0v) is 20.7. The molecular formula is C28H31ClN2O4. The van der Waals surface area contributed by atoms with E-state index in [0.717, 1.165) is 27.9 Å². The van der Waals surface area contributed by atoms with Crippen LogP contribution in [0, 0.1) is 0 Å². The fourth-order valence-corrected chi connectivity index (χ4v) is 4.61. The minimum Gasteiger partial charge on any atom is -0.480 e. The average Bonchev–Trinajstić information content (AvgIpc) is 3.16. The number of para-hydroxylation sites is 1. The van der Waals surface area contributed by atoms with Crippen LogP contribution in [-0.2, 0) is 9.53 Å². The topological polar surface area (TPSA) is 78.9 Å². The lowest BCUT2D eigenvalue weighted by molar-refractivity contribution is -0.139. The second-order valence-electron chi connectivity index (χ2n) is 8.77. The van der Waals surface area contributed by atoms with Gasteiger partial charge in [0, 0.05) is 24.2 Å². The third-order valence-corrected chi connectivity index (χ3v) is 6.30. The van der Waals surface area contributed by atoms with Crippen molar-refractivity contribution in [3.05, 3.63) is 90.0 Å². The fraction of sp³-hybridized carbons (Fsp3) is 0.286. The van der Waals surface area contributed by atoms with Crippen molar-refractivity contribution in [3.63, 3.8) is 0 Å². The van der Waals surface area contributed by atoms with Gasteiger partial charge < -0.3 is 20.1 Å². The summed E-state index contributed by atoms with van der Waals surface area (Å²) in [5, 5.41) is 12.2. The number of aliphatic carboxylic acids is 1. The van der Waals surface area contributed by atoms with Gasteiger partial charge in [-0.25, -0.2) is 9.59 Å². The number of amides is 1. The van der Waals surface area contributed by atoms with E-state index in [9.17, 15) is 14.7 Å². The normalized spacial score (nSPS) is 12.8. The maximum Gasteiger partial charge on any atom is 0.407 e. The fourth-order valence-electron chi connectivity index (χ4n) is 4.61. The number of carbonyl (C=O) groups excluding carboxylic acids is 1. The van der Waals surface area contributed by atoms with Crippen molar-refractivity contribution in [2.45, 2.75) is 38.3 Å². The minimum atomic E-state index is -1.08. The van der Waals surface area contributed by atoms with Crippen LogP contribution >= 0.6 is 12.4 Å². The number of benzene rings is 3. The van der Waals surface area contributed by atoms with Gasteiger partial charge in [-0.3, -0.25) is 0 Å². The molecular weight excluding hydrogens is 464 g/mol. The first kappa shape index (κ1) is 26.1. The number of fused-ring (bicyclic) bond motifs is 3. The molecule has 0 fully saturated rings. The minimum absolute atomic E-state index is 0. The van der Waals surface area contributed by atoms with Gasteiger partial charge in [0.1, 0.15) is 12.6 Å². The number of anilines is 1. The molecule has 0 spiro atoms. The number of rotatable bonds is 9. The summed E-state index contributed by atoms with van der Waals surface area (Å²) in [6, 6.07) is 25.2. The Morgan fingerprint density at radius 1 is 0.914 bits per heavy atom. The van der Waals surface area contributed by atoms with E-state index in [2.05, 4.69) is 36.2 Å². The van der Waals surface area contributed by atoms with Crippen LogP contribution < -0.4 is 10.2 Å². The summed E-state index contributed by atoms with van der Waals surface area (Å²) in [5.41, 5.74) is 5.53. The number of halogens is 1. The van der Waals surface area contributed by atoms with Crippen LogP contribution in [0.15, 0.2) is 78.9 Å². The van der Waals surface area contributed by atoms with E-state index in [0.29, 0.717) is 6.54 Å². The number of nitrogens with one attached hydrogen (secondary N) is 1. The van der Waals surface area contributed by atoms with Crippen molar-refractivity contribution in [1.82, 2.24) is 5.32 Å². The lowest BCUT2D eigenvalue weighted by Gasteiger charge is -2.30. The Hall–Kier alpha value is -3.51. The average molecular weight is 495 g/mol. The maximum atomic E-state index is 12.6. The summed E-state index contributed by atoms with van der Waals surface area (Å²) in [5.74, 6) is -1.15. The van der Waals surface area contributed by atoms with Crippen LogP contribution in [-0.4, -0.2) is 42.4 Å². The molecule has 2 N–H and O–H groups in total. The van der Waals surface area contributed by atoms with Crippen molar-refractivity contribution < 1.29 is 19.4 Å². The number of hydrogen-bond donors (Lipinski definition) is 2. The first-order valence-corrected chi connectivity index (χ1v) is 11.6. The molecule has 0 aromatic heterocycles. The largest absolute Gasteiger partial charge is 0.480 e. The maximum absolute atomic E-state index is 12.6. The van der Waals surface area contributed by atoms with E-state index in [1.165, 1.54) is 0 Å². The molecule has 0 aliphatic heterocycles. The van der Waals surface area contributed by atoms with E-state index in [-0.39, 0.29) is 37.4 Å². The molecule has 3 aromatic rings. The highest BCUT2D eigenvalue weighted by molar-refractivity contribution is 5.85. The molecule has 0 radical (unpaired) electrons. The van der Waals surface area contributed by atoms with E-state index in [4.69, 9.17) is 4.74 Å². The summed E-state index contributed by atoms with van der Waals surface area (Å²) in [4.78, 5) is 26.6. The van der Waals surface area contributed by atoms with Gasteiger partial charge in [-0.1, -0.05) is 66.7 Å². The monoisotopic (exact) mass is 494 g/mol. The number of hydrogen-bond acceptors (Lipinski definition) is 4. The quantitative estimate of drug-likeness (QED) is 0.398. The molecule has 184 valence electrons. The molecule has 4 rings (SSSR count). The second kappa shape index (κ2) is 11.8. The van der Waals surface area contributed by atoms with Crippen LogP contribution in [0.25, 0.3) is 11.1 Å². The summed E-state index contributed by atoms with van der Waals surface area (Å²) >= 11 is 0. The highest BCUT2D eigenvalue weighted by Crippen LogP contribution is 2.44. The van der Waals surface area contributed by atoms with Crippen molar-refractivity contribution in [2.75, 3.05) is 18.1 Å². The van der Waals surface area contributed by atoms with Gasteiger partial charge >= 0.3 is 12.1 Å². The molecule has 0 unspecified atom stereocenters. The Kier molecular flexibility index (Phi) is 8.77. The van der Waals surface area contributed by atoms with Crippen LogP contribution in [0.2, 0.25) is 0 Å². The van der Waals surface area contributed by atoms with E-state index >= 15 is 0 Å². The molecule has 0 saturated heterocycles. The zero-order valence-electron chi connectivity index (χ0n) is 19.9. The predicted molar refractivity (Wildman–Crippen MR) is 140 cm³/mol. The molecule has 6 nitrogen and oxygen atoms in total. The first-order chi connectivity index (χ1) is 16.5. The summed E-state index contributed by atoms with van der Waals surface area (Å²) in [6.45, 7) is 4.75. The molecule has 7 heteroatoms. The molecule has 0 heterocycles. The Labute approximate surface area is 212 Å². The van der Waals surface area contributed by atoms with Gasteiger partial charge in [0.2, 0.25) is 0 Å². The summed E-state index contributed by atoms with van der Waals surface area (Å²) in [6.07, 6.45) is -0.461. The Balaban J connectivity index is 0.00000342. The number of ether oxygens (including phenoxy) is 1. The van der Waals surface area contributed by atoms with Crippen molar-refractivity contribution >= 4 is 30.2 Å². The van der Waals surface area contributed by atoms with Gasteiger partial charge in [0.25, 0.3) is 0 Å². The zero-order chi connectivity index (χ0) is 24.1. The van der Waals surface area contributed by atoms with Crippen molar-refractivity contribution in [3.8, 4) is 11.1 Å². The van der Waals surface area contributed by atoms with Gasteiger partial charge in [0.05, 0.1) is 0 Å². The smallest absolute Gasteiger partial charge is 0.407 e. The summed E-state index contributed by atoms with van der Waals surface area (Å²) < 4.78 is 5.53. The molecule has 1 atom stereocenters. The Morgan fingerprint density at radius 3 is 2.00 bits per heavy atom. The lowest BCUT2D eigenvalue weighted by Crippen LogP contribution is -2.44. The highest BCUT2D eigenvalue weighted by Gasteiger charge is 2.30. The van der Waals surface area contributed by atoms with E-state index in [1.54, 1.807) is 0 Å². The van der Waals surface area contributed by atoms with Gasteiger partial charge in [-0.05, 0) is 54.7 Å². The standard InChI is InChI=1S/C28H30N2O4.ClH/c1-19(2)30(20-10-4-3-5-11-20)17-16-26(27(31)32)29-28(33)34-18-25-23-14-8-6-12-21(23)22-13-7-9-15-24(22)25;/h3-15,19,25-26H,16-18H2,1-2H3,(H,29,33)(H,31,32);1H/t26-;/m0./s1. The number of nitrogens with zero attached hydrogens (tertiary/aromatic N) is 1. The van der Waals surface area contributed by atoms with Crippen LogP contribution in [0.1, 0.15) is 37.3 Å². The molecule has 3 aromatic carbocycles.